The number of likely N-dealkylation sites (tertiary alicyclic amines) is 1. The van der Waals surface area contributed by atoms with Crippen molar-refractivity contribution in [3.63, 3.8) is 0 Å². The molecule has 0 spiro atoms. The highest BCUT2D eigenvalue weighted by Crippen LogP contribution is 2.33. The minimum atomic E-state index is -0.256. The van der Waals surface area contributed by atoms with Gasteiger partial charge >= 0.3 is 0 Å². The van der Waals surface area contributed by atoms with E-state index in [1.54, 1.807) is 18.0 Å². The molecule has 0 bridgehead atoms. The van der Waals surface area contributed by atoms with Crippen LogP contribution in [0.3, 0.4) is 0 Å². The van der Waals surface area contributed by atoms with E-state index in [1.807, 2.05) is 31.6 Å². The van der Waals surface area contributed by atoms with Gasteiger partial charge in [-0.1, -0.05) is 0 Å². The zero-order valence-corrected chi connectivity index (χ0v) is 13.3. The molecule has 1 amide bonds. The zero-order chi connectivity index (χ0) is 16.4. The number of nitrogens with zero attached hydrogens (tertiary/aromatic N) is 4. The summed E-state index contributed by atoms with van der Waals surface area (Å²) in [5.74, 6) is 0.235. The Morgan fingerprint density at radius 3 is 2.96 bits per heavy atom. The van der Waals surface area contributed by atoms with Gasteiger partial charge in [0, 0.05) is 51.1 Å². The van der Waals surface area contributed by atoms with E-state index in [9.17, 15) is 4.79 Å². The van der Waals surface area contributed by atoms with E-state index >= 15 is 0 Å². The van der Waals surface area contributed by atoms with Gasteiger partial charge in [0.2, 0.25) is 11.8 Å². The average molecular weight is 315 g/mol. The second kappa shape index (κ2) is 6.37. The molecule has 0 unspecified atom stereocenters. The van der Waals surface area contributed by atoms with Crippen LogP contribution < -0.4 is 10.5 Å². The normalized spacial score (nSPS) is 21.5. The second-order valence-electron chi connectivity index (χ2n) is 5.96. The van der Waals surface area contributed by atoms with Crippen LogP contribution in [0.2, 0.25) is 0 Å². The van der Waals surface area contributed by atoms with E-state index in [0.29, 0.717) is 12.4 Å². The Morgan fingerprint density at radius 1 is 1.48 bits per heavy atom. The molecule has 1 aliphatic heterocycles. The Bertz CT molecular complexity index is 699. The molecule has 2 aromatic rings. The van der Waals surface area contributed by atoms with Crippen molar-refractivity contribution < 1.29 is 9.53 Å². The van der Waals surface area contributed by atoms with E-state index in [1.165, 1.54) is 0 Å². The number of carbonyl (C=O) groups excluding carboxylic acids is 1. The highest BCUT2D eigenvalue weighted by Gasteiger charge is 2.37. The maximum Gasteiger partial charge on any atom is 0.222 e. The van der Waals surface area contributed by atoms with Crippen LogP contribution in [-0.2, 0) is 18.4 Å². The molecule has 3 heterocycles. The quantitative estimate of drug-likeness (QED) is 0.869. The molecule has 1 aliphatic rings. The fraction of sp³-hybridized carbons (Fsp3) is 0.438. The Labute approximate surface area is 135 Å². The average Bonchev–Trinajstić information content (AvgIpc) is 3.13. The van der Waals surface area contributed by atoms with Crippen LogP contribution in [0, 0.1) is 5.92 Å². The third kappa shape index (κ3) is 3.34. The number of carbonyl (C=O) groups is 1. The summed E-state index contributed by atoms with van der Waals surface area (Å²) in [7, 11) is 3.47. The molecular weight excluding hydrogens is 294 g/mol. The van der Waals surface area contributed by atoms with Gasteiger partial charge in [-0.3, -0.25) is 14.4 Å². The van der Waals surface area contributed by atoms with Crippen molar-refractivity contribution in [2.75, 3.05) is 20.2 Å². The van der Waals surface area contributed by atoms with E-state index < -0.39 is 0 Å². The third-order valence-electron chi connectivity index (χ3n) is 4.33. The molecule has 0 aliphatic carbocycles. The summed E-state index contributed by atoms with van der Waals surface area (Å²) in [6, 6.07) is 3.87. The van der Waals surface area contributed by atoms with Gasteiger partial charge in [-0.25, -0.2) is 4.98 Å². The third-order valence-corrected chi connectivity index (χ3v) is 4.33. The lowest BCUT2D eigenvalue weighted by Gasteiger charge is -2.15. The lowest BCUT2D eigenvalue weighted by Crippen LogP contribution is -2.29. The number of primary amides is 1. The number of methoxy groups -OCH3 is 1. The van der Waals surface area contributed by atoms with Crippen molar-refractivity contribution in [2.24, 2.45) is 18.7 Å². The number of nitrogens with two attached hydrogens (primary N) is 1. The van der Waals surface area contributed by atoms with E-state index in [-0.39, 0.29) is 17.7 Å². The predicted molar refractivity (Wildman–Crippen MR) is 84.7 cm³/mol. The van der Waals surface area contributed by atoms with Crippen molar-refractivity contribution in [1.82, 2.24) is 19.7 Å². The Morgan fingerprint density at radius 2 is 2.30 bits per heavy atom. The molecule has 0 saturated carbocycles. The first kappa shape index (κ1) is 15.5. The van der Waals surface area contributed by atoms with Crippen LogP contribution in [0.1, 0.15) is 17.0 Å². The van der Waals surface area contributed by atoms with Crippen LogP contribution in [0.25, 0.3) is 0 Å². The van der Waals surface area contributed by atoms with Gasteiger partial charge in [0.1, 0.15) is 0 Å². The zero-order valence-electron chi connectivity index (χ0n) is 13.3. The Hall–Kier alpha value is -2.41. The van der Waals surface area contributed by atoms with E-state index in [0.717, 1.165) is 24.2 Å². The highest BCUT2D eigenvalue weighted by atomic mass is 16.5. The highest BCUT2D eigenvalue weighted by molar-refractivity contribution is 5.78. The maximum absolute atomic E-state index is 11.8. The van der Waals surface area contributed by atoms with Gasteiger partial charge in [-0.15, -0.1) is 0 Å². The summed E-state index contributed by atoms with van der Waals surface area (Å²) in [6.45, 7) is 2.17. The molecule has 7 heteroatoms. The molecule has 2 aromatic heterocycles. The summed E-state index contributed by atoms with van der Waals surface area (Å²) < 4.78 is 6.91. The van der Waals surface area contributed by atoms with Gasteiger partial charge in [0.15, 0.2) is 0 Å². The monoisotopic (exact) mass is 315 g/mol. The number of hydrogen-bond acceptors (Lipinski definition) is 5. The minimum absolute atomic E-state index is 0.0879. The van der Waals surface area contributed by atoms with Crippen molar-refractivity contribution in [3.8, 4) is 5.88 Å². The molecule has 7 nitrogen and oxygen atoms in total. The molecule has 1 fully saturated rings. The molecule has 3 rings (SSSR count). The van der Waals surface area contributed by atoms with Gasteiger partial charge in [0.05, 0.1) is 19.2 Å². The number of amides is 1. The van der Waals surface area contributed by atoms with Crippen LogP contribution in [0.5, 0.6) is 5.88 Å². The van der Waals surface area contributed by atoms with Gasteiger partial charge in [-0.05, 0) is 17.2 Å². The fourth-order valence-corrected chi connectivity index (χ4v) is 3.19. The largest absolute Gasteiger partial charge is 0.481 e. The molecule has 2 N–H and O–H groups in total. The van der Waals surface area contributed by atoms with E-state index in [4.69, 9.17) is 10.5 Å². The number of hydrogen-bond donors (Lipinski definition) is 1. The first-order valence-electron chi connectivity index (χ1n) is 7.56. The minimum Gasteiger partial charge on any atom is -0.481 e. The Balaban J connectivity index is 1.76. The van der Waals surface area contributed by atoms with Crippen LogP contribution in [0.15, 0.2) is 30.7 Å². The van der Waals surface area contributed by atoms with Crippen LogP contribution >= 0.6 is 0 Å². The Kier molecular flexibility index (Phi) is 4.29. The van der Waals surface area contributed by atoms with E-state index in [2.05, 4.69) is 15.0 Å². The van der Waals surface area contributed by atoms with Crippen LogP contribution in [0.4, 0.5) is 0 Å². The van der Waals surface area contributed by atoms with Gasteiger partial charge < -0.3 is 10.5 Å². The number of aryl methyl sites for hydroxylation is 1. The summed E-state index contributed by atoms with van der Waals surface area (Å²) in [5, 5.41) is 4.21. The van der Waals surface area contributed by atoms with Gasteiger partial charge in [-0.2, -0.15) is 5.10 Å². The molecule has 23 heavy (non-hydrogen) atoms. The molecule has 2 atom stereocenters. The maximum atomic E-state index is 11.8. The number of rotatable bonds is 5. The lowest BCUT2D eigenvalue weighted by atomic mass is 9.90. The summed E-state index contributed by atoms with van der Waals surface area (Å²) in [4.78, 5) is 18.2. The second-order valence-corrected chi connectivity index (χ2v) is 5.96. The van der Waals surface area contributed by atoms with Crippen molar-refractivity contribution in [1.29, 1.82) is 0 Å². The SMILES string of the molecule is COc1cc(CN2C[C@H](C(N)=O)[C@@H](c3cnn(C)c3)C2)ccn1. The summed E-state index contributed by atoms with van der Waals surface area (Å²) >= 11 is 0. The standard InChI is InChI=1S/C16H21N5O2/c1-20-8-12(6-19-20)13-9-21(10-14(13)16(17)22)7-11-3-4-18-15(5-11)23-2/h3-6,8,13-14H,7,9-10H2,1-2H3,(H2,17,22)/t13-,14+/m1/s1. The van der Waals surface area contributed by atoms with Crippen LogP contribution in [-0.4, -0.2) is 45.8 Å². The topological polar surface area (TPSA) is 86.3 Å². The number of ether oxygens (including phenoxy) is 1. The molecule has 1 saturated heterocycles. The fourth-order valence-electron chi connectivity index (χ4n) is 3.19. The summed E-state index contributed by atoms with van der Waals surface area (Å²) in [6.07, 6.45) is 5.51. The van der Waals surface area contributed by atoms with Crippen molar-refractivity contribution in [3.05, 3.63) is 41.9 Å². The molecular formula is C16H21N5O2. The lowest BCUT2D eigenvalue weighted by molar-refractivity contribution is -0.121. The number of pyridine rings is 1. The molecule has 122 valence electrons. The number of aromatic nitrogens is 3. The van der Waals surface area contributed by atoms with Crippen molar-refractivity contribution >= 4 is 5.91 Å². The first-order valence-corrected chi connectivity index (χ1v) is 7.56. The van der Waals surface area contributed by atoms with Crippen molar-refractivity contribution in [2.45, 2.75) is 12.5 Å². The molecule has 0 aromatic carbocycles. The molecule has 0 radical (unpaired) electrons. The summed E-state index contributed by atoms with van der Waals surface area (Å²) in [5.41, 5.74) is 7.78. The van der Waals surface area contributed by atoms with Gasteiger partial charge in [0.25, 0.3) is 0 Å². The first-order chi connectivity index (χ1) is 11.1. The predicted octanol–water partition coefficient (Wildman–Crippen LogP) is 0.525. The smallest absolute Gasteiger partial charge is 0.222 e.